The summed E-state index contributed by atoms with van der Waals surface area (Å²) >= 11 is 11.1. The molecule has 6 aromatic heterocycles. The van der Waals surface area contributed by atoms with Crippen LogP contribution in [0.3, 0.4) is 0 Å². The SMILES string of the molecule is c1ccc(C(c2ccccc2)=c2ccc(=C(C3=C(C(c4cccs4)c4cccs4)C3=C(c3cccs3)c3cccs3)c3cccs3)s2)cc1. The molecule has 0 unspecified atom stereocenters. The fraction of sp³-hybridized carbons (Fsp3) is 0.0233. The number of allylic oxidation sites excluding steroid dienone is 3. The average molecular weight is 737 g/mol. The molecule has 0 bridgehead atoms. The van der Waals surface area contributed by atoms with Crippen LogP contribution >= 0.6 is 68.0 Å². The molecule has 0 amide bonds. The van der Waals surface area contributed by atoms with E-state index in [9.17, 15) is 0 Å². The van der Waals surface area contributed by atoms with Crippen LogP contribution in [0.4, 0.5) is 0 Å². The molecule has 0 aliphatic heterocycles. The van der Waals surface area contributed by atoms with Crippen molar-refractivity contribution in [1.82, 2.24) is 0 Å². The molecule has 2 aromatic carbocycles. The smallest absolute Gasteiger partial charge is 0.0540 e. The van der Waals surface area contributed by atoms with E-state index in [4.69, 9.17) is 0 Å². The number of benzene rings is 2. The van der Waals surface area contributed by atoms with E-state index in [1.165, 1.54) is 78.0 Å². The Kier molecular flexibility index (Phi) is 8.60. The van der Waals surface area contributed by atoms with Gasteiger partial charge in [0, 0.05) is 50.2 Å². The predicted octanol–water partition coefficient (Wildman–Crippen LogP) is 12.1. The third kappa shape index (κ3) is 5.93. The Balaban J connectivity index is 1.38. The first-order chi connectivity index (χ1) is 24.3. The van der Waals surface area contributed by atoms with E-state index in [0.29, 0.717) is 0 Å². The topological polar surface area (TPSA) is 0 Å². The molecule has 1 aliphatic rings. The van der Waals surface area contributed by atoms with Crippen LogP contribution in [0.15, 0.2) is 177 Å². The van der Waals surface area contributed by atoms with E-state index >= 15 is 0 Å². The zero-order valence-corrected chi connectivity index (χ0v) is 31.0. The van der Waals surface area contributed by atoms with Gasteiger partial charge in [-0.15, -0.1) is 68.0 Å². The Morgan fingerprint density at radius 3 is 1.29 bits per heavy atom. The number of rotatable bonds is 9. The summed E-state index contributed by atoms with van der Waals surface area (Å²) in [5, 5.41) is 11.1. The molecule has 49 heavy (non-hydrogen) atoms. The lowest BCUT2D eigenvalue weighted by Crippen LogP contribution is -2.05. The Labute approximate surface area is 309 Å². The normalized spacial score (nSPS) is 13.3. The minimum absolute atomic E-state index is 0.185. The number of hydrogen-bond donors (Lipinski definition) is 0. The number of hydrogen-bond acceptors (Lipinski definition) is 6. The Bertz CT molecular complexity index is 2380. The van der Waals surface area contributed by atoms with Crippen molar-refractivity contribution in [3.8, 4) is 0 Å². The fourth-order valence-corrected chi connectivity index (χ4v) is 12.1. The minimum Gasteiger partial charge on any atom is -0.148 e. The van der Waals surface area contributed by atoms with Crippen LogP contribution in [0.2, 0.25) is 0 Å². The van der Waals surface area contributed by atoms with Crippen molar-refractivity contribution >= 4 is 84.7 Å². The van der Waals surface area contributed by atoms with Crippen LogP contribution < -0.4 is 9.06 Å². The molecule has 0 N–H and O–H groups in total. The monoisotopic (exact) mass is 736 g/mol. The highest BCUT2D eigenvalue weighted by atomic mass is 32.1. The second-order valence-electron chi connectivity index (χ2n) is 11.6. The van der Waals surface area contributed by atoms with E-state index in [0.717, 1.165) is 0 Å². The molecule has 0 saturated carbocycles. The van der Waals surface area contributed by atoms with E-state index in [2.05, 4.69) is 160 Å². The first-order valence-corrected chi connectivity index (χ1v) is 21.2. The second-order valence-corrected chi connectivity index (χ2v) is 17.5. The average Bonchev–Trinajstić information content (AvgIpc) is 3.94. The molecule has 6 heterocycles. The summed E-state index contributed by atoms with van der Waals surface area (Å²) in [5.41, 5.74) is 10.7. The molecule has 0 saturated heterocycles. The molecule has 0 nitrogen and oxygen atoms in total. The van der Waals surface area contributed by atoms with Gasteiger partial charge in [0.1, 0.15) is 0 Å². The Morgan fingerprint density at radius 2 is 0.837 bits per heavy atom. The largest absolute Gasteiger partial charge is 0.148 e. The van der Waals surface area contributed by atoms with Crippen molar-refractivity contribution in [3.63, 3.8) is 0 Å². The van der Waals surface area contributed by atoms with E-state index in [1.807, 2.05) is 68.0 Å². The molecule has 1 aliphatic carbocycles. The minimum atomic E-state index is 0.185. The van der Waals surface area contributed by atoms with Gasteiger partial charge in [-0.05, 0) is 97.2 Å². The first-order valence-electron chi connectivity index (χ1n) is 16.0. The Hall–Kier alpha value is -4.14. The van der Waals surface area contributed by atoms with Gasteiger partial charge >= 0.3 is 0 Å². The lowest BCUT2D eigenvalue weighted by Gasteiger charge is -2.11. The number of thiophene rings is 6. The molecule has 6 heteroatoms. The lowest BCUT2D eigenvalue weighted by molar-refractivity contribution is 1.07. The zero-order valence-electron chi connectivity index (χ0n) is 26.1. The third-order valence-corrected chi connectivity index (χ3v) is 14.4. The van der Waals surface area contributed by atoms with Gasteiger partial charge in [-0.25, -0.2) is 0 Å². The van der Waals surface area contributed by atoms with Crippen LogP contribution in [0.1, 0.15) is 41.4 Å². The summed E-state index contributed by atoms with van der Waals surface area (Å²) in [6.45, 7) is 0. The molecule has 9 rings (SSSR count). The van der Waals surface area contributed by atoms with Crippen molar-refractivity contribution in [1.29, 1.82) is 0 Å². The summed E-state index contributed by atoms with van der Waals surface area (Å²) in [7, 11) is 0. The second kappa shape index (κ2) is 13.6. The molecule has 0 radical (unpaired) electrons. The van der Waals surface area contributed by atoms with Crippen LogP contribution in [-0.4, -0.2) is 0 Å². The van der Waals surface area contributed by atoms with E-state index < -0.39 is 0 Å². The molecule has 0 spiro atoms. The zero-order chi connectivity index (χ0) is 32.6. The third-order valence-electron chi connectivity index (χ3n) is 8.70. The van der Waals surface area contributed by atoms with Gasteiger partial charge in [-0.1, -0.05) is 91.0 Å². The maximum Gasteiger partial charge on any atom is 0.0540 e. The summed E-state index contributed by atoms with van der Waals surface area (Å²) in [5.74, 6) is 0.185. The quantitative estimate of drug-likeness (QED) is 0.138. The molecule has 0 fully saturated rings. The molecular weight excluding hydrogens is 709 g/mol. The maximum atomic E-state index is 2.36. The van der Waals surface area contributed by atoms with Crippen LogP contribution in [0, 0.1) is 0 Å². The highest BCUT2D eigenvalue weighted by Crippen LogP contribution is 2.60. The van der Waals surface area contributed by atoms with Gasteiger partial charge in [0.15, 0.2) is 0 Å². The Morgan fingerprint density at radius 1 is 0.388 bits per heavy atom. The van der Waals surface area contributed by atoms with Crippen molar-refractivity contribution in [3.05, 3.63) is 222 Å². The van der Waals surface area contributed by atoms with Crippen LogP contribution in [0.25, 0.3) is 16.7 Å². The van der Waals surface area contributed by atoms with E-state index in [-0.39, 0.29) is 5.92 Å². The molecular formula is C43H28S6. The molecule has 236 valence electrons. The van der Waals surface area contributed by atoms with Crippen LogP contribution in [-0.2, 0) is 0 Å². The summed E-state index contributed by atoms with van der Waals surface area (Å²) in [4.78, 5) is 6.74. The standard InChI is InChI=1S/C43H28S6/c1-3-12-28(13-4-1)37(29-14-5-2-6-15-29)35-21-22-36(49-35)40(34-20-11-27-48-34)43-41(38(30-16-7-23-44-30)31-17-8-24-45-31)42(43)39(32-18-9-25-46-32)33-19-10-26-47-33/h1-27,38H. The van der Waals surface area contributed by atoms with Gasteiger partial charge in [0.05, 0.1) is 5.92 Å². The van der Waals surface area contributed by atoms with Crippen LogP contribution in [0.5, 0.6) is 0 Å². The van der Waals surface area contributed by atoms with E-state index in [1.54, 1.807) is 0 Å². The van der Waals surface area contributed by atoms with Crippen molar-refractivity contribution in [2.75, 3.05) is 0 Å². The summed E-state index contributed by atoms with van der Waals surface area (Å²) < 4.78 is 2.58. The van der Waals surface area contributed by atoms with Gasteiger partial charge < -0.3 is 0 Å². The van der Waals surface area contributed by atoms with Gasteiger partial charge in [0.2, 0.25) is 0 Å². The summed E-state index contributed by atoms with van der Waals surface area (Å²) in [6, 6.07) is 48.9. The lowest BCUT2D eigenvalue weighted by atomic mass is 9.98. The highest BCUT2D eigenvalue weighted by Gasteiger charge is 2.43. The highest BCUT2D eigenvalue weighted by molar-refractivity contribution is 7.14. The fourth-order valence-electron chi connectivity index (χ4n) is 6.61. The van der Waals surface area contributed by atoms with Gasteiger partial charge in [-0.2, -0.15) is 0 Å². The van der Waals surface area contributed by atoms with Crippen molar-refractivity contribution in [2.24, 2.45) is 0 Å². The maximum absolute atomic E-state index is 2.36. The molecule has 0 atom stereocenters. The first kappa shape index (κ1) is 30.9. The predicted molar refractivity (Wildman–Crippen MR) is 217 cm³/mol. The molecule has 8 aromatic rings. The van der Waals surface area contributed by atoms with Crippen molar-refractivity contribution in [2.45, 2.75) is 5.92 Å². The van der Waals surface area contributed by atoms with Gasteiger partial charge in [0.25, 0.3) is 0 Å². The van der Waals surface area contributed by atoms with Gasteiger partial charge in [-0.3, -0.25) is 0 Å². The summed E-state index contributed by atoms with van der Waals surface area (Å²) in [6.07, 6.45) is 0. The van der Waals surface area contributed by atoms with Crippen molar-refractivity contribution < 1.29 is 0 Å².